The number of sulfonamides is 1. The van der Waals surface area contributed by atoms with E-state index in [2.05, 4.69) is 19.2 Å². The van der Waals surface area contributed by atoms with Crippen LogP contribution < -0.4 is 5.32 Å². The lowest BCUT2D eigenvalue weighted by Gasteiger charge is -2.26. The molecule has 6 nitrogen and oxygen atoms in total. The van der Waals surface area contributed by atoms with E-state index in [0.717, 1.165) is 5.56 Å². The zero-order valence-corrected chi connectivity index (χ0v) is 17.3. The monoisotopic (exact) mass is 402 g/mol. The minimum absolute atomic E-state index is 0.125. The Morgan fingerprint density at radius 1 is 1.07 bits per heavy atom. The molecule has 1 N–H and O–H groups in total. The Morgan fingerprint density at radius 2 is 1.71 bits per heavy atom. The summed E-state index contributed by atoms with van der Waals surface area (Å²) in [6, 6.07) is 12.4. The van der Waals surface area contributed by atoms with Crippen LogP contribution in [0.2, 0.25) is 0 Å². The maximum Gasteiger partial charge on any atom is 0.255 e. The summed E-state index contributed by atoms with van der Waals surface area (Å²) in [7, 11) is -3.65. The second-order valence-electron chi connectivity index (χ2n) is 7.22. The van der Waals surface area contributed by atoms with Crippen LogP contribution in [0.15, 0.2) is 47.4 Å². The van der Waals surface area contributed by atoms with Gasteiger partial charge < -0.3 is 10.1 Å². The van der Waals surface area contributed by atoms with Crippen molar-refractivity contribution >= 4 is 21.6 Å². The molecule has 2 aromatic carbocycles. The fraction of sp³-hybridized carbons (Fsp3) is 0.381. The van der Waals surface area contributed by atoms with Crippen LogP contribution in [0.3, 0.4) is 0 Å². The molecule has 0 atom stereocenters. The minimum atomic E-state index is -3.65. The number of nitrogens with zero attached hydrogens (tertiary/aromatic N) is 1. The molecule has 0 aromatic heterocycles. The fourth-order valence-corrected chi connectivity index (χ4v) is 4.53. The molecule has 1 amide bonds. The van der Waals surface area contributed by atoms with Gasteiger partial charge in [0.15, 0.2) is 0 Å². The summed E-state index contributed by atoms with van der Waals surface area (Å²) in [5.41, 5.74) is 2.93. The summed E-state index contributed by atoms with van der Waals surface area (Å²) in [5.74, 6) is 0.0860. The SMILES string of the molecule is Cc1ccc(S(=O)(=O)N2CCOCC2)cc1C(=O)Nc1ccc(C(C)C)cc1. The average Bonchev–Trinajstić information content (AvgIpc) is 2.69. The molecule has 0 unspecified atom stereocenters. The van der Waals surface area contributed by atoms with Gasteiger partial charge in [0.05, 0.1) is 18.1 Å². The van der Waals surface area contributed by atoms with E-state index >= 15 is 0 Å². The van der Waals surface area contributed by atoms with E-state index in [0.29, 0.717) is 43.5 Å². The van der Waals surface area contributed by atoms with Crippen molar-refractivity contribution in [2.24, 2.45) is 0 Å². The number of rotatable bonds is 5. The Morgan fingerprint density at radius 3 is 2.32 bits per heavy atom. The maximum absolute atomic E-state index is 12.9. The van der Waals surface area contributed by atoms with Crippen LogP contribution in [0.1, 0.15) is 41.3 Å². The molecule has 1 heterocycles. The highest BCUT2D eigenvalue weighted by atomic mass is 32.2. The molecule has 150 valence electrons. The van der Waals surface area contributed by atoms with E-state index < -0.39 is 10.0 Å². The molecule has 7 heteroatoms. The van der Waals surface area contributed by atoms with Crippen molar-refractivity contribution in [3.05, 3.63) is 59.2 Å². The molecule has 2 aromatic rings. The summed E-state index contributed by atoms with van der Waals surface area (Å²) in [6.45, 7) is 7.41. The Bertz CT molecular complexity index is 947. The van der Waals surface area contributed by atoms with Gasteiger partial charge in [0.25, 0.3) is 5.91 Å². The van der Waals surface area contributed by atoms with Gasteiger partial charge in [-0.05, 0) is 48.2 Å². The van der Waals surface area contributed by atoms with E-state index in [1.54, 1.807) is 19.1 Å². The molecular weight excluding hydrogens is 376 g/mol. The Kier molecular flexibility index (Phi) is 6.17. The highest BCUT2D eigenvalue weighted by molar-refractivity contribution is 7.89. The molecule has 1 aliphatic rings. The van der Waals surface area contributed by atoms with Gasteiger partial charge in [-0.1, -0.05) is 32.0 Å². The molecule has 3 rings (SSSR count). The number of nitrogens with one attached hydrogen (secondary N) is 1. The van der Waals surface area contributed by atoms with Gasteiger partial charge in [-0.3, -0.25) is 4.79 Å². The maximum atomic E-state index is 12.9. The summed E-state index contributed by atoms with van der Waals surface area (Å²) < 4.78 is 32.4. The Labute approximate surface area is 166 Å². The van der Waals surface area contributed by atoms with E-state index in [-0.39, 0.29) is 10.8 Å². The summed E-state index contributed by atoms with van der Waals surface area (Å²) in [5, 5.41) is 2.86. The van der Waals surface area contributed by atoms with E-state index in [9.17, 15) is 13.2 Å². The number of morpholine rings is 1. The molecule has 0 bridgehead atoms. The van der Waals surface area contributed by atoms with E-state index in [1.807, 2.05) is 24.3 Å². The predicted molar refractivity (Wildman–Crippen MR) is 109 cm³/mol. The van der Waals surface area contributed by atoms with Gasteiger partial charge in [0.2, 0.25) is 10.0 Å². The van der Waals surface area contributed by atoms with Crippen LogP contribution in [0.25, 0.3) is 0 Å². The second-order valence-corrected chi connectivity index (χ2v) is 9.16. The zero-order chi connectivity index (χ0) is 20.3. The number of carbonyl (C=O) groups is 1. The minimum Gasteiger partial charge on any atom is -0.379 e. The van der Waals surface area contributed by atoms with Crippen LogP contribution in [0.5, 0.6) is 0 Å². The third-order valence-corrected chi connectivity index (χ3v) is 6.79. The van der Waals surface area contributed by atoms with Crippen molar-refractivity contribution in [3.63, 3.8) is 0 Å². The highest BCUT2D eigenvalue weighted by Crippen LogP contribution is 2.22. The van der Waals surface area contributed by atoms with Gasteiger partial charge in [0.1, 0.15) is 0 Å². The predicted octanol–water partition coefficient (Wildman–Crippen LogP) is 3.39. The molecule has 28 heavy (non-hydrogen) atoms. The lowest BCUT2D eigenvalue weighted by atomic mass is 10.0. The van der Waals surface area contributed by atoms with Crippen LogP contribution in [0.4, 0.5) is 5.69 Å². The van der Waals surface area contributed by atoms with Crippen LogP contribution in [-0.4, -0.2) is 44.9 Å². The zero-order valence-electron chi connectivity index (χ0n) is 16.4. The smallest absolute Gasteiger partial charge is 0.255 e. The van der Waals surface area contributed by atoms with Crippen molar-refractivity contribution in [3.8, 4) is 0 Å². The van der Waals surface area contributed by atoms with Gasteiger partial charge >= 0.3 is 0 Å². The molecule has 0 aliphatic carbocycles. The van der Waals surface area contributed by atoms with Crippen molar-refractivity contribution in [1.82, 2.24) is 4.31 Å². The average molecular weight is 403 g/mol. The van der Waals surface area contributed by atoms with Gasteiger partial charge in [-0.25, -0.2) is 8.42 Å². The molecule has 0 spiro atoms. The number of anilines is 1. The number of carbonyl (C=O) groups excluding carboxylic acids is 1. The number of hydrogen-bond donors (Lipinski definition) is 1. The summed E-state index contributed by atoms with van der Waals surface area (Å²) >= 11 is 0. The largest absolute Gasteiger partial charge is 0.379 e. The van der Waals surface area contributed by atoms with Crippen molar-refractivity contribution < 1.29 is 17.9 Å². The first-order valence-electron chi connectivity index (χ1n) is 9.39. The lowest BCUT2D eigenvalue weighted by molar-refractivity contribution is 0.0730. The number of hydrogen-bond acceptors (Lipinski definition) is 4. The molecule has 0 radical (unpaired) electrons. The van der Waals surface area contributed by atoms with Crippen molar-refractivity contribution in [2.45, 2.75) is 31.6 Å². The Hall–Kier alpha value is -2.22. The number of amides is 1. The molecule has 1 aliphatic heterocycles. The number of ether oxygens (including phenoxy) is 1. The molecule has 1 saturated heterocycles. The Balaban J connectivity index is 1.83. The van der Waals surface area contributed by atoms with Gasteiger partial charge in [-0.15, -0.1) is 0 Å². The van der Waals surface area contributed by atoms with Crippen LogP contribution >= 0.6 is 0 Å². The summed E-state index contributed by atoms with van der Waals surface area (Å²) in [6.07, 6.45) is 0. The van der Waals surface area contributed by atoms with E-state index in [1.165, 1.54) is 15.9 Å². The fourth-order valence-electron chi connectivity index (χ4n) is 3.09. The normalized spacial score (nSPS) is 15.6. The van der Waals surface area contributed by atoms with Crippen LogP contribution in [0, 0.1) is 6.92 Å². The third kappa shape index (κ3) is 4.43. The van der Waals surface area contributed by atoms with Crippen molar-refractivity contribution in [1.29, 1.82) is 0 Å². The van der Waals surface area contributed by atoms with Gasteiger partial charge in [-0.2, -0.15) is 4.31 Å². The molecule has 0 saturated carbocycles. The first kappa shape index (κ1) is 20.5. The number of benzene rings is 2. The summed E-state index contributed by atoms with van der Waals surface area (Å²) in [4.78, 5) is 12.9. The first-order valence-corrected chi connectivity index (χ1v) is 10.8. The van der Waals surface area contributed by atoms with E-state index in [4.69, 9.17) is 4.74 Å². The standard InChI is InChI=1S/C21H26N2O4S/c1-15(2)17-5-7-18(8-6-17)22-21(24)20-14-19(9-4-16(20)3)28(25,26)23-10-12-27-13-11-23/h4-9,14-15H,10-13H2,1-3H3,(H,22,24). The van der Waals surface area contributed by atoms with Gasteiger partial charge in [0, 0.05) is 24.3 Å². The van der Waals surface area contributed by atoms with Crippen LogP contribution in [-0.2, 0) is 14.8 Å². The highest BCUT2D eigenvalue weighted by Gasteiger charge is 2.27. The molecular formula is C21H26N2O4S. The molecule has 1 fully saturated rings. The third-order valence-electron chi connectivity index (χ3n) is 4.90. The van der Waals surface area contributed by atoms with Crippen molar-refractivity contribution in [2.75, 3.05) is 31.6 Å². The number of aryl methyl sites for hydroxylation is 1. The second kappa shape index (κ2) is 8.43. The topological polar surface area (TPSA) is 75.7 Å². The first-order chi connectivity index (χ1) is 13.3. The lowest BCUT2D eigenvalue weighted by Crippen LogP contribution is -2.40. The quantitative estimate of drug-likeness (QED) is 0.832.